The SMILES string of the molecule is COCc1c(Cl)cccc1NC1CCOC1. The standard InChI is InChI=1S/C12H16ClNO2/c1-15-8-10-11(13)3-2-4-12(10)14-9-5-6-16-7-9/h2-4,9,14H,5-8H2,1H3. The molecule has 1 heterocycles. The van der Waals surface area contributed by atoms with E-state index in [-0.39, 0.29) is 0 Å². The van der Waals surface area contributed by atoms with E-state index in [4.69, 9.17) is 21.1 Å². The molecule has 88 valence electrons. The van der Waals surface area contributed by atoms with Crippen LogP contribution < -0.4 is 5.32 Å². The largest absolute Gasteiger partial charge is 0.380 e. The van der Waals surface area contributed by atoms with E-state index in [1.807, 2.05) is 18.2 Å². The van der Waals surface area contributed by atoms with Gasteiger partial charge in [0.15, 0.2) is 0 Å². The summed E-state index contributed by atoms with van der Waals surface area (Å²) in [4.78, 5) is 0. The zero-order chi connectivity index (χ0) is 11.4. The van der Waals surface area contributed by atoms with Crippen LogP contribution in [-0.4, -0.2) is 26.4 Å². The zero-order valence-electron chi connectivity index (χ0n) is 9.33. The second-order valence-electron chi connectivity index (χ2n) is 3.90. The maximum absolute atomic E-state index is 6.14. The Kier molecular flexibility index (Phi) is 4.04. The third kappa shape index (κ3) is 2.67. The summed E-state index contributed by atoms with van der Waals surface area (Å²) >= 11 is 6.14. The molecule has 1 aliphatic heterocycles. The molecule has 1 saturated heterocycles. The first-order chi connectivity index (χ1) is 7.81. The molecule has 1 N–H and O–H groups in total. The van der Waals surface area contributed by atoms with Gasteiger partial charge in [-0.3, -0.25) is 0 Å². The highest BCUT2D eigenvalue weighted by molar-refractivity contribution is 6.31. The number of ether oxygens (including phenoxy) is 2. The van der Waals surface area contributed by atoms with Gasteiger partial charge in [0.25, 0.3) is 0 Å². The van der Waals surface area contributed by atoms with Crippen LogP contribution in [0.15, 0.2) is 18.2 Å². The van der Waals surface area contributed by atoms with Crippen LogP contribution in [0.2, 0.25) is 5.02 Å². The molecular weight excluding hydrogens is 226 g/mol. The van der Waals surface area contributed by atoms with E-state index in [2.05, 4.69) is 5.32 Å². The highest BCUT2D eigenvalue weighted by Gasteiger charge is 2.17. The smallest absolute Gasteiger partial charge is 0.0747 e. The Morgan fingerprint density at radius 2 is 2.44 bits per heavy atom. The summed E-state index contributed by atoms with van der Waals surface area (Å²) in [7, 11) is 1.67. The number of benzene rings is 1. The van der Waals surface area contributed by atoms with E-state index in [9.17, 15) is 0 Å². The van der Waals surface area contributed by atoms with Gasteiger partial charge in [-0.05, 0) is 18.6 Å². The van der Waals surface area contributed by atoms with Gasteiger partial charge in [0, 0.05) is 30.0 Å². The molecule has 0 bridgehead atoms. The van der Waals surface area contributed by atoms with Crippen molar-refractivity contribution >= 4 is 17.3 Å². The van der Waals surface area contributed by atoms with Crippen molar-refractivity contribution in [2.45, 2.75) is 19.1 Å². The van der Waals surface area contributed by atoms with Crippen LogP contribution in [0, 0.1) is 0 Å². The molecule has 0 saturated carbocycles. The zero-order valence-corrected chi connectivity index (χ0v) is 10.1. The topological polar surface area (TPSA) is 30.5 Å². The molecule has 1 fully saturated rings. The van der Waals surface area contributed by atoms with Crippen LogP contribution in [0.1, 0.15) is 12.0 Å². The normalized spacial score (nSPS) is 20.0. The lowest BCUT2D eigenvalue weighted by Crippen LogP contribution is -2.20. The molecule has 0 amide bonds. The predicted octanol–water partition coefficient (Wildman–Crippen LogP) is 2.69. The van der Waals surface area contributed by atoms with E-state index in [0.717, 1.165) is 35.9 Å². The quantitative estimate of drug-likeness (QED) is 0.879. The average molecular weight is 242 g/mol. The molecule has 0 aromatic heterocycles. The van der Waals surface area contributed by atoms with Gasteiger partial charge in [-0.1, -0.05) is 17.7 Å². The maximum Gasteiger partial charge on any atom is 0.0747 e. The van der Waals surface area contributed by atoms with Gasteiger partial charge in [0.1, 0.15) is 0 Å². The number of methoxy groups -OCH3 is 1. The molecule has 16 heavy (non-hydrogen) atoms. The first-order valence-electron chi connectivity index (χ1n) is 5.42. The van der Waals surface area contributed by atoms with Crippen LogP contribution >= 0.6 is 11.6 Å². The number of hydrogen-bond acceptors (Lipinski definition) is 3. The Labute approximate surface area is 101 Å². The molecule has 1 aromatic carbocycles. The molecular formula is C12H16ClNO2. The summed E-state index contributed by atoms with van der Waals surface area (Å²) in [5, 5.41) is 4.19. The van der Waals surface area contributed by atoms with E-state index >= 15 is 0 Å². The number of anilines is 1. The number of nitrogens with one attached hydrogen (secondary N) is 1. The van der Waals surface area contributed by atoms with E-state index in [0.29, 0.717) is 12.6 Å². The van der Waals surface area contributed by atoms with Gasteiger partial charge in [-0.15, -0.1) is 0 Å². The van der Waals surface area contributed by atoms with Gasteiger partial charge in [-0.25, -0.2) is 0 Å². The summed E-state index contributed by atoms with van der Waals surface area (Å²) in [6.07, 6.45) is 1.04. The minimum atomic E-state index is 0.383. The van der Waals surface area contributed by atoms with Crippen molar-refractivity contribution in [1.29, 1.82) is 0 Å². The van der Waals surface area contributed by atoms with E-state index in [1.165, 1.54) is 0 Å². The van der Waals surface area contributed by atoms with Crippen LogP contribution in [0.5, 0.6) is 0 Å². The highest BCUT2D eigenvalue weighted by Crippen LogP contribution is 2.26. The molecule has 3 nitrogen and oxygen atoms in total. The van der Waals surface area contributed by atoms with Crippen LogP contribution in [0.4, 0.5) is 5.69 Å². The number of halogens is 1. The fourth-order valence-corrected chi connectivity index (χ4v) is 2.08. The molecule has 1 aliphatic rings. The second kappa shape index (κ2) is 5.53. The highest BCUT2D eigenvalue weighted by atomic mass is 35.5. The minimum absolute atomic E-state index is 0.383. The third-order valence-electron chi connectivity index (χ3n) is 2.70. The molecule has 0 spiro atoms. The van der Waals surface area contributed by atoms with Gasteiger partial charge in [0.2, 0.25) is 0 Å². The summed E-state index contributed by atoms with van der Waals surface area (Å²) < 4.78 is 10.5. The van der Waals surface area contributed by atoms with E-state index in [1.54, 1.807) is 7.11 Å². The minimum Gasteiger partial charge on any atom is -0.380 e. The first kappa shape index (κ1) is 11.7. The van der Waals surface area contributed by atoms with Crippen molar-refractivity contribution < 1.29 is 9.47 Å². The fourth-order valence-electron chi connectivity index (χ4n) is 1.85. The first-order valence-corrected chi connectivity index (χ1v) is 5.79. The summed E-state index contributed by atoms with van der Waals surface area (Å²) in [6, 6.07) is 6.24. The molecule has 1 aromatic rings. The molecule has 4 heteroatoms. The van der Waals surface area contributed by atoms with Gasteiger partial charge in [-0.2, -0.15) is 0 Å². The van der Waals surface area contributed by atoms with Gasteiger partial charge in [0.05, 0.1) is 19.3 Å². The third-order valence-corrected chi connectivity index (χ3v) is 3.05. The monoisotopic (exact) mass is 241 g/mol. The van der Waals surface area contributed by atoms with Crippen LogP contribution in [0.3, 0.4) is 0 Å². The molecule has 2 rings (SSSR count). The summed E-state index contributed by atoms with van der Waals surface area (Å²) in [5.74, 6) is 0. The average Bonchev–Trinajstić information content (AvgIpc) is 2.76. The Balaban J connectivity index is 2.14. The van der Waals surface area contributed by atoms with Crippen LogP contribution in [-0.2, 0) is 16.1 Å². The van der Waals surface area contributed by atoms with Crippen molar-refractivity contribution in [3.63, 3.8) is 0 Å². The van der Waals surface area contributed by atoms with Crippen molar-refractivity contribution in [1.82, 2.24) is 0 Å². The number of rotatable bonds is 4. The number of hydrogen-bond donors (Lipinski definition) is 1. The fraction of sp³-hybridized carbons (Fsp3) is 0.500. The van der Waals surface area contributed by atoms with Gasteiger partial charge >= 0.3 is 0 Å². The molecule has 0 aliphatic carbocycles. The molecule has 0 radical (unpaired) electrons. The Morgan fingerprint density at radius 3 is 3.12 bits per heavy atom. The van der Waals surface area contributed by atoms with Crippen molar-refractivity contribution in [3.05, 3.63) is 28.8 Å². The molecule has 1 atom stereocenters. The lowest BCUT2D eigenvalue weighted by Gasteiger charge is -2.16. The predicted molar refractivity (Wildman–Crippen MR) is 65.0 cm³/mol. The van der Waals surface area contributed by atoms with E-state index < -0.39 is 0 Å². The Bertz CT molecular complexity index is 351. The lowest BCUT2D eigenvalue weighted by atomic mass is 10.1. The Morgan fingerprint density at radius 1 is 1.56 bits per heavy atom. The lowest BCUT2D eigenvalue weighted by molar-refractivity contribution is 0.185. The van der Waals surface area contributed by atoms with Crippen molar-refractivity contribution in [2.24, 2.45) is 0 Å². The van der Waals surface area contributed by atoms with Crippen molar-refractivity contribution in [2.75, 3.05) is 25.6 Å². The summed E-state index contributed by atoms with van der Waals surface area (Å²) in [6.45, 7) is 2.12. The summed E-state index contributed by atoms with van der Waals surface area (Å²) in [5.41, 5.74) is 2.06. The molecule has 1 unspecified atom stereocenters. The maximum atomic E-state index is 6.14. The Hall–Kier alpha value is -0.770. The van der Waals surface area contributed by atoms with Crippen LogP contribution in [0.25, 0.3) is 0 Å². The van der Waals surface area contributed by atoms with Crippen molar-refractivity contribution in [3.8, 4) is 0 Å². The van der Waals surface area contributed by atoms with Gasteiger partial charge < -0.3 is 14.8 Å². The second-order valence-corrected chi connectivity index (χ2v) is 4.31.